The van der Waals surface area contributed by atoms with E-state index in [1.165, 1.54) is 11.3 Å². The molecule has 0 spiro atoms. The number of benzene rings is 2. The van der Waals surface area contributed by atoms with E-state index in [1.807, 2.05) is 52.7 Å². The molecule has 1 aliphatic rings. The van der Waals surface area contributed by atoms with Crippen molar-refractivity contribution in [2.45, 2.75) is 30.2 Å². The van der Waals surface area contributed by atoms with Gasteiger partial charge >= 0.3 is 0 Å². The van der Waals surface area contributed by atoms with Crippen LogP contribution in [0.4, 0.5) is 0 Å². The summed E-state index contributed by atoms with van der Waals surface area (Å²) >= 11 is 3.07. The van der Waals surface area contributed by atoms with Crippen molar-refractivity contribution in [3.8, 4) is 11.4 Å². The van der Waals surface area contributed by atoms with Gasteiger partial charge in [0.25, 0.3) is 5.91 Å². The molecule has 0 bridgehead atoms. The number of amides is 1. The second kappa shape index (κ2) is 10.4. The highest BCUT2D eigenvalue weighted by molar-refractivity contribution is 7.98. The molecule has 0 aliphatic carbocycles. The van der Waals surface area contributed by atoms with Crippen molar-refractivity contribution >= 4 is 29.0 Å². The number of likely N-dealkylation sites (tertiary alicyclic amines) is 1. The fourth-order valence-electron chi connectivity index (χ4n) is 4.03. The standard InChI is InChI=1S/C25H25N5O2S2/c1-32-21-12-6-5-11-20(21)30-22(15-18-9-3-2-4-10-18)27-28-25(30)34-17-23-26-19(16-33-23)24(31)29-13-7-8-14-29/h2-6,9-12,16H,7-8,13-15,17H2,1H3. The van der Waals surface area contributed by atoms with Gasteiger partial charge in [0.05, 0.1) is 18.6 Å². The molecule has 1 saturated heterocycles. The molecule has 1 fully saturated rings. The first-order valence-corrected chi connectivity index (χ1v) is 13.1. The lowest BCUT2D eigenvalue weighted by atomic mass is 10.1. The zero-order chi connectivity index (χ0) is 23.3. The Balaban J connectivity index is 1.40. The highest BCUT2D eigenvalue weighted by atomic mass is 32.2. The van der Waals surface area contributed by atoms with Crippen molar-refractivity contribution in [1.29, 1.82) is 0 Å². The van der Waals surface area contributed by atoms with Crippen LogP contribution in [0.2, 0.25) is 0 Å². The lowest BCUT2D eigenvalue weighted by Crippen LogP contribution is -2.27. The number of ether oxygens (including phenoxy) is 1. The van der Waals surface area contributed by atoms with E-state index in [0.717, 1.165) is 58.9 Å². The van der Waals surface area contributed by atoms with Gasteiger partial charge in [-0.3, -0.25) is 9.36 Å². The van der Waals surface area contributed by atoms with E-state index >= 15 is 0 Å². The Bertz CT molecular complexity index is 1270. The molecule has 34 heavy (non-hydrogen) atoms. The number of hydrogen-bond acceptors (Lipinski definition) is 7. The fourth-order valence-corrected chi connectivity index (χ4v) is 5.78. The Morgan fingerprint density at radius 1 is 1.06 bits per heavy atom. The maximum absolute atomic E-state index is 12.6. The number of methoxy groups -OCH3 is 1. The van der Waals surface area contributed by atoms with Gasteiger partial charge in [0, 0.05) is 24.9 Å². The number of para-hydroxylation sites is 2. The zero-order valence-corrected chi connectivity index (χ0v) is 20.5. The van der Waals surface area contributed by atoms with Gasteiger partial charge in [-0.2, -0.15) is 0 Å². The van der Waals surface area contributed by atoms with Crippen LogP contribution < -0.4 is 4.74 Å². The van der Waals surface area contributed by atoms with Gasteiger partial charge < -0.3 is 9.64 Å². The van der Waals surface area contributed by atoms with Crippen LogP contribution >= 0.6 is 23.1 Å². The molecule has 3 heterocycles. The number of carbonyl (C=O) groups excluding carboxylic acids is 1. The SMILES string of the molecule is COc1ccccc1-n1c(Cc2ccccc2)nnc1SCc1nc(C(=O)N2CCCC2)cs1. The topological polar surface area (TPSA) is 73.1 Å². The number of thiazole rings is 1. The van der Waals surface area contributed by atoms with Crippen LogP contribution in [0.15, 0.2) is 65.1 Å². The Morgan fingerprint density at radius 2 is 1.82 bits per heavy atom. The summed E-state index contributed by atoms with van der Waals surface area (Å²) in [6, 6.07) is 18.1. The van der Waals surface area contributed by atoms with Gasteiger partial charge in [-0.15, -0.1) is 21.5 Å². The first kappa shape index (κ1) is 22.6. The third-order valence-corrected chi connectivity index (χ3v) is 7.69. The van der Waals surface area contributed by atoms with E-state index < -0.39 is 0 Å². The van der Waals surface area contributed by atoms with Crippen molar-refractivity contribution in [2.75, 3.05) is 20.2 Å². The summed E-state index contributed by atoms with van der Waals surface area (Å²) in [5.41, 5.74) is 2.60. The average molecular weight is 492 g/mol. The third-order valence-electron chi connectivity index (χ3n) is 5.72. The zero-order valence-electron chi connectivity index (χ0n) is 18.9. The van der Waals surface area contributed by atoms with Crippen molar-refractivity contribution in [2.24, 2.45) is 0 Å². The van der Waals surface area contributed by atoms with Gasteiger partial charge in [0.1, 0.15) is 22.3 Å². The Kier molecular flexibility index (Phi) is 6.92. The molecule has 9 heteroatoms. The molecule has 2 aromatic heterocycles. The first-order chi connectivity index (χ1) is 16.7. The van der Waals surface area contributed by atoms with Crippen LogP contribution in [-0.2, 0) is 12.2 Å². The number of rotatable bonds is 8. The number of carbonyl (C=O) groups is 1. The normalized spacial score (nSPS) is 13.4. The van der Waals surface area contributed by atoms with E-state index in [0.29, 0.717) is 17.9 Å². The molecule has 174 valence electrons. The monoisotopic (exact) mass is 491 g/mol. The minimum Gasteiger partial charge on any atom is -0.495 e. The summed E-state index contributed by atoms with van der Waals surface area (Å²) in [7, 11) is 1.67. The van der Waals surface area contributed by atoms with Gasteiger partial charge in [0.2, 0.25) is 0 Å². The maximum Gasteiger partial charge on any atom is 0.273 e. The molecule has 1 amide bonds. The highest BCUT2D eigenvalue weighted by Crippen LogP contribution is 2.31. The summed E-state index contributed by atoms with van der Waals surface area (Å²) in [5.74, 6) is 2.23. The van der Waals surface area contributed by atoms with Crippen LogP contribution in [0.25, 0.3) is 5.69 Å². The molecule has 0 radical (unpaired) electrons. The Hall–Kier alpha value is -3.17. The Labute approximate surface area is 206 Å². The van der Waals surface area contributed by atoms with Crippen LogP contribution in [0.5, 0.6) is 5.75 Å². The van der Waals surface area contributed by atoms with Crippen LogP contribution in [0.3, 0.4) is 0 Å². The lowest BCUT2D eigenvalue weighted by Gasteiger charge is -2.13. The highest BCUT2D eigenvalue weighted by Gasteiger charge is 2.22. The molecule has 5 rings (SSSR count). The largest absolute Gasteiger partial charge is 0.495 e. The summed E-state index contributed by atoms with van der Waals surface area (Å²) in [5, 5.41) is 12.5. The average Bonchev–Trinajstić information content (AvgIpc) is 3.64. The maximum atomic E-state index is 12.6. The smallest absolute Gasteiger partial charge is 0.273 e. The lowest BCUT2D eigenvalue weighted by molar-refractivity contribution is 0.0787. The van der Waals surface area contributed by atoms with Gasteiger partial charge in [0.15, 0.2) is 5.16 Å². The van der Waals surface area contributed by atoms with Crippen LogP contribution in [-0.4, -0.2) is 50.8 Å². The second-order valence-electron chi connectivity index (χ2n) is 7.98. The van der Waals surface area contributed by atoms with Crippen LogP contribution in [0, 0.1) is 0 Å². The van der Waals surface area contributed by atoms with Gasteiger partial charge in [-0.05, 0) is 30.5 Å². The molecule has 0 saturated carbocycles. The van der Waals surface area contributed by atoms with Crippen molar-refractivity contribution in [1.82, 2.24) is 24.6 Å². The van der Waals surface area contributed by atoms with E-state index in [2.05, 4.69) is 31.9 Å². The van der Waals surface area contributed by atoms with Gasteiger partial charge in [-0.25, -0.2) is 4.98 Å². The Morgan fingerprint density at radius 3 is 2.62 bits per heavy atom. The molecular weight excluding hydrogens is 466 g/mol. The molecule has 7 nitrogen and oxygen atoms in total. The summed E-state index contributed by atoms with van der Waals surface area (Å²) in [4.78, 5) is 19.1. The number of hydrogen-bond donors (Lipinski definition) is 0. The second-order valence-corrected chi connectivity index (χ2v) is 9.87. The molecule has 0 unspecified atom stereocenters. The molecule has 2 aromatic carbocycles. The van der Waals surface area contributed by atoms with Crippen molar-refractivity contribution < 1.29 is 9.53 Å². The van der Waals surface area contributed by atoms with E-state index in [9.17, 15) is 4.79 Å². The number of aromatic nitrogens is 4. The van der Waals surface area contributed by atoms with Crippen molar-refractivity contribution in [3.05, 3.63) is 82.1 Å². The van der Waals surface area contributed by atoms with Crippen molar-refractivity contribution in [3.63, 3.8) is 0 Å². The molecule has 0 atom stereocenters. The quantitative estimate of drug-likeness (QED) is 0.328. The molecular formula is C25H25N5O2S2. The molecule has 1 aliphatic heterocycles. The van der Waals surface area contributed by atoms with E-state index in [-0.39, 0.29) is 5.91 Å². The minimum atomic E-state index is 0.0346. The molecule has 0 N–H and O–H groups in total. The predicted octanol–water partition coefficient (Wildman–Crippen LogP) is 4.85. The predicted molar refractivity (Wildman–Crippen MR) is 134 cm³/mol. The van der Waals surface area contributed by atoms with Gasteiger partial charge in [-0.1, -0.05) is 54.2 Å². The summed E-state index contributed by atoms with van der Waals surface area (Å²) in [6.07, 6.45) is 2.79. The van der Waals surface area contributed by atoms with E-state index in [1.54, 1.807) is 18.9 Å². The minimum absolute atomic E-state index is 0.0346. The fraction of sp³-hybridized carbons (Fsp3) is 0.280. The van der Waals surface area contributed by atoms with E-state index in [4.69, 9.17) is 4.74 Å². The number of thioether (sulfide) groups is 1. The first-order valence-electron chi connectivity index (χ1n) is 11.2. The summed E-state index contributed by atoms with van der Waals surface area (Å²) < 4.78 is 7.69. The number of nitrogens with zero attached hydrogens (tertiary/aromatic N) is 5. The molecule has 4 aromatic rings. The summed E-state index contributed by atoms with van der Waals surface area (Å²) in [6.45, 7) is 1.65. The van der Waals surface area contributed by atoms with Crippen LogP contribution in [0.1, 0.15) is 39.7 Å². The third kappa shape index (κ3) is 4.85.